The number of hydrogen-bond acceptors (Lipinski definition) is 4. The Morgan fingerprint density at radius 1 is 1.03 bits per heavy atom. The first-order valence-electron chi connectivity index (χ1n) is 10.6. The summed E-state index contributed by atoms with van der Waals surface area (Å²) in [6.45, 7) is 10.2. The van der Waals surface area contributed by atoms with E-state index >= 15 is 0 Å². The summed E-state index contributed by atoms with van der Waals surface area (Å²) >= 11 is 0. The molecule has 0 aliphatic carbocycles. The lowest BCUT2D eigenvalue weighted by Crippen LogP contribution is -2.53. The Bertz CT molecular complexity index is 875. The fourth-order valence-corrected chi connectivity index (χ4v) is 3.66. The number of hydrogen-bond donors (Lipinski definition) is 0. The smallest absolute Gasteiger partial charge is 0.263 e. The Hall–Kier alpha value is -2.89. The number of aromatic nitrogens is 1. The zero-order chi connectivity index (χ0) is 21.7. The van der Waals surface area contributed by atoms with Crippen LogP contribution in [-0.4, -0.2) is 58.9 Å². The Labute approximate surface area is 178 Å². The van der Waals surface area contributed by atoms with Gasteiger partial charge in [0.25, 0.3) is 5.91 Å². The van der Waals surface area contributed by atoms with Crippen LogP contribution in [0.4, 0.5) is 0 Å². The standard InChI is InChI=1S/C24H31N3O3/c1-17(2)21-9-8-18(3)15-22(21)30-19(4)24(29)27-13-11-26(12-14-27)23(28)16-20-7-5-6-10-25-20/h5-10,15,17,19H,11-14,16H2,1-4H3. The van der Waals surface area contributed by atoms with Gasteiger partial charge in [0.05, 0.1) is 6.42 Å². The number of rotatable bonds is 6. The van der Waals surface area contributed by atoms with Gasteiger partial charge >= 0.3 is 0 Å². The molecule has 0 bridgehead atoms. The van der Waals surface area contributed by atoms with E-state index in [0.29, 0.717) is 38.5 Å². The van der Waals surface area contributed by atoms with Crippen LogP contribution in [0.1, 0.15) is 43.5 Å². The third kappa shape index (κ3) is 5.38. The van der Waals surface area contributed by atoms with E-state index in [4.69, 9.17) is 4.74 Å². The number of pyridine rings is 1. The van der Waals surface area contributed by atoms with Crippen molar-refractivity contribution in [1.29, 1.82) is 0 Å². The Balaban J connectivity index is 1.55. The van der Waals surface area contributed by atoms with Crippen LogP contribution in [0.25, 0.3) is 0 Å². The predicted octanol–water partition coefficient (Wildman–Crippen LogP) is 3.19. The van der Waals surface area contributed by atoms with Crippen LogP contribution in [0.15, 0.2) is 42.6 Å². The second-order valence-electron chi connectivity index (χ2n) is 8.16. The van der Waals surface area contributed by atoms with Gasteiger partial charge in [-0.05, 0) is 49.1 Å². The van der Waals surface area contributed by atoms with Crippen molar-refractivity contribution in [2.45, 2.75) is 46.1 Å². The lowest BCUT2D eigenvalue weighted by molar-refractivity contribution is -0.143. The summed E-state index contributed by atoms with van der Waals surface area (Å²) in [4.78, 5) is 33.2. The first kappa shape index (κ1) is 21.8. The molecule has 0 radical (unpaired) electrons. The van der Waals surface area contributed by atoms with E-state index < -0.39 is 6.10 Å². The third-order valence-corrected chi connectivity index (χ3v) is 5.45. The van der Waals surface area contributed by atoms with Crippen molar-refractivity contribution in [2.75, 3.05) is 26.2 Å². The minimum absolute atomic E-state index is 0.0389. The average Bonchev–Trinajstić information content (AvgIpc) is 2.74. The third-order valence-electron chi connectivity index (χ3n) is 5.45. The highest BCUT2D eigenvalue weighted by molar-refractivity contribution is 5.82. The molecule has 1 unspecified atom stereocenters. The summed E-state index contributed by atoms with van der Waals surface area (Å²) in [5, 5.41) is 0. The Morgan fingerprint density at radius 3 is 2.37 bits per heavy atom. The number of nitrogens with zero attached hydrogens (tertiary/aromatic N) is 3. The Kier molecular flexibility index (Phi) is 7.08. The minimum atomic E-state index is -0.569. The molecule has 1 atom stereocenters. The highest BCUT2D eigenvalue weighted by Crippen LogP contribution is 2.28. The summed E-state index contributed by atoms with van der Waals surface area (Å²) in [5.41, 5.74) is 2.97. The first-order chi connectivity index (χ1) is 14.3. The average molecular weight is 410 g/mol. The molecule has 1 fully saturated rings. The van der Waals surface area contributed by atoms with Crippen molar-refractivity contribution in [2.24, 2.45) is 0 Å². The summed E-state index contributed by atoms with van der Waals surface area (Å²) < 4.78 is 6.08. The molecular weight excluding hydrogens is 378 g/mol. The summed E-state index contributed by atoms with van der Waals surface area (Å²) in [7, 11) is 0. The summed E-state index contributed by atoms with van der Waals surface area (Å²) in [6.07, 6.45) is 1.42. The van der Waals surface area contributed by atoms with Crippen molar-refractivity contribution in [3.8, 4) is 5.75 Å². The molecule has 0 spiro atoms. The molecule has 1 aliphatic rings. The van der Waals surface area contributed by atoms with Gasteiger partial charge in [-0.2, -0.15) is 0 Å². The highest BCUT2D eigenvalue weighted by atomic mass is 16.5. The number of ether oxygens (including phenoxy) is 1. The van der Waals surface area contributed by atoms with E-state index in [1.54, 1.807) is 22.9 Å². The first-order valence-corrected chi connectivity index (χ1v) is 10.6. The maximum atomic E-state index is 12.9. The number of aryl methyl sites for hydroxylation is 1. The van der Waals surface area contributed by atoms with E-state index in [0.717, 1.165) is 22.6 Å². The van der Waals surface area contributed by atoms with Crippen molar-refractivity contribution in [3.05, 3.63) is 59.4 Å². The fourth-order valence-electron chi connectivity index (χ4n) is 3.66. The molecular formula is C24H31N3O3. The predicted molar refractivity (Wildman–Crippen MR) is 116 cm³/mol. The molecule has 2 heterocycles. The molecule has 1 saturated heterocycles. The molecule has 30 heavy (non-hydrogen) atoms. The van der Waals surface area contributed by atoms with Crippen LogP contribution >= 0.6 is 0 Å². The fraction of sp³-hybridized carbons (Fsp3) is 0.458. The normalized spacial score (nSPS) is 15.2. The zero-order valence-electron chi connectivity index (χ0n) is 18.3. The molecule has 6 heteroatoms. The van der Waals surface area contributed by atoms with E-state index in [9.17, 15) is 9.59 Å². The molecule has 2 amide bonds. The van der Waals surface area contributed by atoms with Crippen molar-refractivity contribution < 1.29 is 14.3 Å². The van der Waals surface area contributed by atoms with E-state index in [2.05, 4.69) is 31.0 Å². The number of carbonyl (C=O) groups is 2. The largest absolute Gasteiger partial charge is 0.481 e. The lowest BCUT2D eigenvalue weighted by Gasteiger charge is -2.36. The monoisotopic (exact) mass is 409 g/mol. The second kappa shape index (κ2) is 9.74. The number of carbonyl (C=O) groups excluding carboxylic acids is 2. The van der Waals surface area contributed by atoms with Crippen LogP contribution in [-0.2, 0) is 16.0 Å². The SMILES string of the molecule is Cc1ccc(C(C)C)c(OC(C)C(=O)N2CCN(C(=O)Cc3ccccn3)CC2)c1. The van der Waals surface area contributed by atoms with Gasteiger partial charge in [-0.1, -0.05) is 32.0 Å². The molecule has 1 aliphatic heterocycles. The van der Waals surface area contributed by atoms with E-state index in [1.165, 1.54) is 0 Å². The van der Waals surface area contributed by atoms with Crippen LogP contribution in [0.2, 0.25) is 0 Å². The van der Waals surface area contributed by atoms with Gasteiger partial charge in [-0.25, -0.2) is 0 Å². The van der Waals surface area contributed by atoms with E-state index in [1.807, 2.05) is 31.2 Å². The van der Waals surface area contributed by atoms with Crippen LogP contribution in [0, 0.1) is 6.92 Å². The number of benzene rings is 1. The van der Waals surface area contributed by atoms with Gasteiger partial charge in [0, 0.05) is 38.1 Å². The molecule has 160 valence electrons. The molecule has 1 aromatic heterocycles. The summed E-state index contributed by atoms with van der Waals surface area (Å²) in [6, 6.07) is 11.7. The van der Waals surface area contributed by atoms with Gasteiger partial charge in [-0.15, -0.1) is 0 Å². The molecule has 0 N–H and O–H groups in total. The molecule has 2 aromatic rings. The van der Waals surface area contributed by atoms with Gasteiger partial charge in [-0.3, -0.25) is 14.6 Å². The van der Waals surface area contributed by atoms with Gasteiger partial charge in [0.2, 0.25) is 5.91 Å². The van der Waals surface area contributed by atoms with Crippen LogP contribution < -0.4 is 4.74 Å². The number of piperazine rings is 1. The second-order valence-corrected chi connectivity index (χ2v) is 8.16. The quantitative estimate of drug-likeness (QED) is 0.735. The number of amides is 2. The lowest BCUT2D eigenvalue weighted by atomic mass is 10.0. The topological polar surface area (TPSA) is 62.7 Å². The van der Waals surface area contributed by atoms with Crippen molar-refractivity contribution >= 4 is 11.8 Å². The zero-order valence-corrected chi connectivity index (χ0v) is 18.3. The van der Waals surface area contributed by atoms with Crippen molar-refractivity contribution in [1.82, 2.24) is 14.8 Å². The Morgan fingerprint density at radius 2 is 1.73 bits per heavy atom. The molecule has 6 nitrogen and oxygen atoms in total. The minimum Gasteiger partial charge on any atom is -0.481 e. The molecule has 1 aromatic carbocycles. The van der Waals surface area contributed by atoms with Gasteiger partial charge < -0.3 is 14.5 Å². The van der Waals surface area contributed by atoms with Gasteiger partial charge in [0.1, 0.15) is 5.75 Å². The van der Waals surface area contributed by atoms with Gasteiger partial charge in [0.15, 0.2) is 6.10 Å². The van der Waals surface area contributed by atoms with Crippen LogP contribution in [0.3, 0.4) is 0 Å². The maximum absolute atomic E-state index is 12.9. The summed E-state index contributed by atoms with van der Waals surface area (Å²) in [5.74, 6) is 1.10. The highest BCUT2D eigenvalue weighted by Gasteiger charge is 2.28. The molecule has 3 rings (SSSR count). The maximum Gasteiger partial charge on any atom is 0.263 e. The van der Waals surface area contributed by atoms with E-state index in [-0.39, 0.29) is 11.8 Å². The van der Waals surface area contributed by atoms with Crippen LogP contribution in [0.5, 0.6) is 5.75 Å². The van der Waals surface area contributed by atoms with Crippen molar-refractivity contribution in [3.63, 3.8) is 0 Å². The molecule has 0 saturated carbocycles.